The van der Waals surface area contributed by atoms with Gasteiger partial charge in [-0.3, -0.25) is 0 Å². The molecule has 0 aliphatic heterocycles. The van der Waals surface area contributed by atoms with E-state index >= 15 is 0 Å². The molecule has 0 fully saturated rings. The average Bonchev–Trinajstić information content (AvgIpc) is 2.63. The van der Waals surface area contributed by atoms with Gasteiger partial charge in [-0.15, -0.1) is 0 Å². The molecule has 2 aromatic rings. The zero-order valence-corrected chi connectivity index (χ0v) is 13.2. The molecule has 0 aromatic heterocycles. The van der Waals surface area contributed by atoms with Gasteiger partial charge in [-0.25, -0.2) is 9.59 Å². The number of hydrogen-bond donors (Lipinski definition) is 2. The van der Waals surface area contributed by atoms with Gasteiger partial charge < -0.3 is 20.1 Å². The van der Waals surface area contributed by atoms with E-state index in [0.717, 1.165) is 11.1 Å². The predicted octanol–water partition coefficient (Wildman–Crippen LogP) is 2.84. The van der Waals surface area contributed by atoms with E-state index in [-0.39, 0.29) is 13.2 Å². The Kier molecular flexibility index (Phi) is 7.14. The van der Waals surface area contributed by atoms with Crippen molar-refractivity contribution in [3.8, 4) is 0 Å². The van der Waals surface area contributed by atoms with Crippen LogP contribution in [0, 0.1) is 0 Å². The Labute approximate surface area is 140 Å². The lowest BCUT2D eigenvalue weighted by Crippen LogP contribution is -2.28. The van der Waals surface area contributed by atoms with Crippen LogP contribution in [0.2, 0.25) is 0 Å². The molecule has 6 nitrogen and oxygen atoms in total. The molecule has 6 heteroatoms. The molecular weight excluding hydrogens is 308 g/mol. The zero-order chi connectivity index (χ0) is 17.0. The van der Waals surface area contributed by atoms with Crippen LogP contribution in [0.15, 0.2) is 60.7 Å². The van der Waals surface area contributed by atoms with Crippen molar-refractivity contribution in [1.82, 2.24) is 10.6 Å². The van der Waals surface area contributed by atoms with Gasteiger partial charge in [-0.05, 0) is 11.1 Å². The maximum atomic E-state index is 11.5. The van der Waals surface area contributed by atoms with E-state index in [2.05, 4.69) is 10.6 Å². The summed E-state index contributed by atoms with van der Waals surface area (Å²) in [6, 6.07) is 19.0. The van der Waals surface area contributed by atoms with Crippen molar-refractivity contribution < 1.29 is 19.1 Å². The quantitative estimate of drug-likeness (QED) is 0.766. The number of alkyl carbamates (subject to hydrolysis) is 2. The van der Waals surface area contributed by atoms with E-state index in [1.165, 1.54) is 0 Å². The van der Waals surface area contributed by atoms with E-state index < -0.39 is 12.2 Å². The molecule has 0 bridgehead atoms. The summed E-state index contributed by atoms with van der Waals surface area (Å²) in [6.07, 6.45) is -1.10. The average molecular weight is 328 g/mol. The molecular formula is C18H20N2O4. The third kappa shape index (κ3) is 6.83. The Morgan fingerprint density at radius 1 is 0.667 bits per heavy atom. The van der Waals surface area contributed by atoms with Crippen LogP contribution >= 0.6 is 0 Å². The molecule has 0 radical (unpaired) electrons. The molecule has 126 valence electrons. The monoisotopic (exact) mass is 328 g/mol. The second-order valence-electron chi connectivity index (χ2n) is 4.95. The van der Waals surface area contributed by atoms with Crippen LogP contribution in [-0.2, 0) is 22.6 Å². The number of benzene rings is 2. The van der Waals surface area contributed by atoms with Crippen LogP contribution in [0.1, 0.15) is 11.1 Å². The molecule has 2 rings (SSSR count). The Balaban J connectivity index is 1.52. The SMILES string of the molecule is O=C(NCc1ccccc1)OCCOC(=O)NCc1ccccc1. The van der Waals surface area contributed by atoms with Crippen molar-refractivity contribution in [1.29, 1.82) is 0 Å². The van der Waals surface area contributed by atoms with Crippen LogP contribution in [0.25, 0.3) is 0 Å². The summed E-state index contributed by atoms with van der Waals surface area (Å²) in [5, 5.41) is 5.23. The minimum absolute atomic E-state index is 0.000615. The van der Waals surface area contributed by atoms with Crippen LogP contribution in [0.3, 0.4) is 0 Å². The van der Waals surface area contributed by atoms with Gasteiger partial charge in [-0.2, -0.15) is 0 Å². The lowest BCUT2D eigenvalue weighted by Gasteiger charge is -2.09. The molecule has 0 aliphatic carbocycles. The zero-order valence-electron chi connectivity index (χ0n) is 13.2. The minimum Gasteiger partial charge on any atom is -0.446 e. The molecule has 0 spiro atoms. The van der Waals surface area contributed by atoms with Gasteiger partial charge in [0.1, 0.15) is 13.2 Å². The summed E-state index contributed by atoms with van der Waals surface area (Å²) < 4.78 is 9.84. The van der Waals surface area contributed by atoms with Crippen molar-refractivity contribution >= 4 is 12.2 Å². The maximum absolute atomic E-state index is 11.5. The van der Waals surface area contributed by atoms with Gasteiger partial charge in [-0.1, -0.05) is 60.7 Å². The van der Waals surface area contributed by atoms with E-state index in [1.54, 1.807) is 0 Å². The van der Waals surface area contributed by atoms with Gasteiger partial charge in [0.25, 0.3) is 0 Å². The predicted molar refractivity (Wildman–Crippen MR) is 89.3 cm³/mol. The minimum atomic E-state index is -0.549. The standard InChI is InChI=1S/C18H20N2O4/c21-17(19-13-15-7-3-1-4-8-15)23-11-12-24-18(22)20-14-16-9-5-2-6-10-16/h1-10H,11-14H2,(H,19,21)(H,20,22). The highest BCUT2D eigenvalue weighted by atomic mass is 16.6. The molecule has 0 saturated heterocycles. The summed E-state index contributed by atoms with van der Waals surface area (Å²) in [6.45, 7) is 0.773. The smallest absolute Gasteiger partial charge is 0.407 e. The van der Waals surface area contributed by atoms with Crippen molar-refractivity contribution in [2.24, 2.45) is 0 Å². The number of carbonyl (C=O) groups excluding carboxylic acids is 2. The molecule has 0 aliphatic rings. The van der Waals surface area contributed by atoms with Gasteiger partial charge in [0.15, 0.2) is 0 Å². The molecule has 0 saturated carbocycles. The first kappa shape index (κ1) is 17.3. The van der Waals surface area contributed by atoms with E-state index in [1.807, 2.05) is 60.7 Å². The van der Waals surface area contributed by atoms with Crippen LogP contribution in [-0.4, -0.2) is 25.4 Å². The van der Waals surface area contributed by atoms with Gasteiger partial charge >= 0.3 is 12.2 Å². The highest BCUT2D eigenvalue weighted by Crippen LogP contribution is 1.98. The summed E-state index contributed by atoms with van der Waals surface area (Å²) >= 11 is 0. The number of nitrogens with one attached hydrogen (secondary N) is 2. The fourth-order valence-electron chi connectivity index (χ4n) is 1.91. The summed E-state index contributed by atoms with van der Waals surface area (Å²) in [5.74, 6) is 0. The van der Waals surface area contributed by atoms with Crippen molar-refractivity contribution in [3.63, 3.8) is 0 Å². The first-order valence-corrected chi connectivity index (χ1v) is 7.63. The van der Waals surface area contributed by atoms with E-state index in [9.17, 15) is 9.59 Å². The molecule has 24 heavy (non-hydrogen) atoms. The molecule has 0 atom stereocenters. The van der Waals surface area contributed by atoms with Gasteiger partial charge in [0.05, 0.1) is 0 Å². The van der Waals surface area contributed by atoms with Crippen molar-refractivity contribution in [2.75, 3.05) is 13.2 Å². The Morgan fingerprint density at radius 3 is 1.42 bits per heavy atom. The number of rotatable bonds is 7. The van der Waals surface area contributed by atoms with Gasteiger partial charge in [0.2, 0.25) is 0 Å². The Morgan fingerprint density at radius 2 is 1.04 bits per heavy atom. The number of amides is 2. The lowest BCUT2D eigenvalue weighted by molar-refractivity contribution is 0.0952. The second-order valence-corrected chi connectivity index (χ2v) is 4.95. The third-order valence-electron chi connectivity index (χ3n) is 3.11. The first-order chi connectivity index (χ1) is 11.7. The fraction of sp³-hybridized carbons (Fsp3) is 0.222. The van der Waals surface area contributed by atoms with E-state index in [0.29, 0.717) is 13.1 Å². The molecule has 2 N–H and O–H groups in total. The number of ether oxygens (including phenoxy) is 2. The van der Waals surface area contributed by atoms with Crippen molar-refractivity contribution in [2.45, 2.75) is 13.1 Å². The molecule has 0 heterocycles. The lowest BCUT2D eigenvalue weighted by atomic mass is 10.2. The van der Waals surface area contributed by atoms with Crippen LogP contribution < -0.4 is 10.6 Å². The van der Waals surface area contributed by atoms with Gasteiger partial charge in [0, 0.05) is 13.1 Å². The Bertz CT molecular complexity index is 574. The van der Waals surface area contributed by atoms with Crippen LogP contribution in [0.4, 0.5) is 9.59 Å². The summed E-state index contributed by atoms with van der Waals surface area (Å²) in [7, 11) is 0. The summed E-state index contributed by atoms with van der Waals surface area (Å²) in [4.78, 5) is 23.0. The number of carbonyl (C=O) groups is 2. The third-order valence-corrected chi connectivity index (χ3v) is 3.11. The molecule has 0 unspecified atom stereocenters. The summed E-state index contributed by atoms with van der Waals surface area (Å²) in [5.41, 5.74) is 1.96. The Hall–Kier alpha value is -3.02. The highest BCUT2D eigenvalue weighted by molar-refractivity contribution is 5.68. The van der Waals surface area contributed by atoms with E-state index in [4.69, 9.17) is 9.47 Å². The topological polar surface area (TPSA) is 76.7 Å². The first-order valence-electron chi connectivity index (χ1n) is 7.63. The normalized spacial score (nSPS) is 9.83. The fourth-order valence-corrected chi connectivity index (χ4v) is 1.91. The molecule has 2 aromatic carbocycles. The maximum Gasteiger partial charge on any atom is 0.407 e. The number of hydrogen-bond acceptors (Lipinski definition) is 4. The van der Waals surface area contributed by atoms with Crippen molar-refractivity contribution in [3.05, 3.63) is 71.8 Å². The molecule has 2 amide bonds. The second kappa shape index (κ2) is 9.89. The van der Waals surface area contributed by atoms with Crippen LogP contribution in [0.5, 0.6) is 0 Å². The highest BCUT2D eigenvalue weighted by Gasteiger charge is 2.04. The largest absolute Gasteiger partial charge is 0.446 e.